The third-order valence-electron chi connectivity index (χ3n) is 3.12. The first-order valence-corrected chi connectivity index (χ1v) is 8.98. The van der Waals surface area contributed by atoms with Gasteiger partial charge in [-0.1, -0.05) is 11.6 Å². The molecular formula is C15H11Cl3N2O2S. The second-order valence-corrected chi connectivity index (χ2v) is 7.61. The summed E-state index contributed by atoms with van der Waals surface area (Å²) in [5.74, 6) is 0. The van der Waals surface area contributed by atoms with Crippen LogP contribution in [-0.2, 0) is 9.05 Å². The van der Waals surface area contributed by atoms with Crippen molar-refractivity contribution in [1.29, 1.82) is 0 Å². The molecule has 23 heavy (non-hydrogen) atoms. The molecule has 3 aromatic rings. The lowest BCUT2D eigenvalue weighted by molar-refractivity contribution is 0.609. The molecule has 0 bridgehead atoms. The lowest BCUT2D eigenvalue weighted by Crippen LogP contribution is -1.94. The zero-order valence-corrected chi connectivity index (χ0v) is 14.7. The lowest BCUT2D eigenvalue weighted by atomic mass is 10.2. The molecule has 0 atom stereocenters. The normalized spacial score (nSPS) is 11.0. The van der Waals surface area contributed by atoms with Crippen molar-refractivity contribution in [3.8, 4) is 0 Å². The van der Waals surface area contributed by atoms with E-state index in [9.17, 15) is 8.42 Å². The molecule has 0 saturated heterocycles. The molecule has 1 heterocycles. The number of hydrogen-bond acceptors (Lipinski definition) is 4. The fourth-order valence-corrected chi connectivity index (χ4v) is 3.02. The van der Waals surface area contributed by atoms with Crippen LogP contribution in [0.2, 0.25) is 5.02 Å². The summed E-state index contributed by atoms with van der Waals surface area (Å²) in [7, 11) is 1.58. The molecule has 0 radical (unpaired) electrons. The van der Waals surface area contributed by atoms with Gasteiger partial charge in [0.25, 0.3) is 9.05 Å². The van der Waals surface area contributed by atoms with Crippen LogP contribution in [0.4, 0.5) is 11.4 Å². The Morgan fingerprint density at radius 3 is 2.35 bits per heavy atom. The second-order valence-electron chi connectivity index (χ2n) is 4.61. The van der Waals surface area contributed by atoms with Gasteiger partial charge in [0.05, 0.1) is 10.4 Å². The molecule has 0 unspecified atom stereocenters. The molecule has 1 N–H and O–H groups in total. The summed E-state index contributed by atoms with van der Waals surface area (Å²) in [5.41, 5.74) is 2.37. The van der Waals surface area contributed by atoms with Crippen LogP contribution in [0.3, 0.4) is 0 Å². The number of benzene rings is 2. The molecule has 2 aromatic carbocycles. The van der Waals surface area contributed by atoms with Crippen LogP contribution in [0.25, 0.3) is 10.9 Å². The largest absolute Gasteiger partial charge is 0.355 e. The number of rotatable bonds is 3. The molecule has 0 aliphatic carbocycles. The van der Waals surface area contributed by atoms with Gasteiger partial charge in [-0.2, -0.15) is 0 Å². The van der Waals surface area contributed by atoms with Gasteiger partial charge in [0.1, 0.15) is 0 Å². The van der Waals surface area contributed by atoms with Crippen LogP contribution in [0.1, 0.15) is 0 Å². The van der Waals surface area contributed by atoms with Gasteiger partial charge in [-0.05, 0) is 48.5 Å². The first kappa shape index (κ1) is 17.8. The van der Waals surface area contributed by atoms with Crippen molar-refractivity contribution in [3.05, 3.63) is 59.8 Å². The zero-order chi connectivity index (χ0) is 15.7. The minimum Gasteiger partial charge on any atom is -0.355 e. The molecular weight excluding hydrogens is 379 g/mol. The van der Waals surface area contributed by atoms with E-state index in [0.717, 1.165) is 22.3 Å². The Labute approximate surface area is 149 Å². The highest BCUT2D eigenvalue weighted by atomic mass is 35.7. The number of pyridine rings is 1. The van der Waals surface area contributed by atoms with E-state index in [0.29, 0.717) is 5.02 Å². The number of hydrogen-bond donors (Lipinski definition) is 1. The van der Waals surface area contributed by atoms with Crippen molar-refractivity contribution in [2.75, 3.05) is 5.32 Å². The standard InChI is InChI=1S/C15H10Cl2N2O2S.ClH/c16-10-1-6-13-14(7-8-18-15(13)9-10)19-11-2-4-12(5-3-11)22(17,20)21;/h1-9H,(H,18,19);1H. The van der Waals surface area contributed by atoms with Crippen LogP contribution < -0.4 is 5.32 Å². The van der Waals surface area contributed by atoms with Crippen molar-refractivity contribution in [2.45, 2.75) is 4.90 Å². The Morgan fingerprint density at radius 2 is 1.70 bits per heavy atom. The van der Waals surface area contributed by atoms with E-state index in [4.69, 9.17) is 22.3 Å². The van der Waals surface area contributed by atoms with Gasteiger partial charge in [-0.25, -0.2) is 8.42 Å². The highest BCUT2D eigenvalue weighted by Gasteiger charge is 2.09. The maximum Gasteiger partial charge on any atom is 0.261 e. The van der Waals surface area contributed by atoms with E-state index in [1.54, 1.807) is 30.5 Å². The van der Waals surface area contributed by atoms with Crippen LogP contribution >= 0.6 is 34.7 Å². The van der Waals surface area contributed by atoms with Crippen LogP contribution in [-0.4, -0.2) is 13.4 Å². The maximum absolute atomic E-state index is 11.2. The summed E-state index contributed by atoms with van der Waals surface area (Å²) in [6, 6.07) is 13.5. The third kappa shape index (κ3) is 4.06. The number of halogens is 3. The van der Waals surface area contributed by atoms with Gasteiger partial charge >= 0.3 is 0 Å². The SMILES string of the molecule is Cl.O=S(=O)(Cl)c1ccc(Nc2ccnc3cc(Cl)ccc23)cc1. The monoisotopic (exact) mass is 388 g/mol. The number of nitrogens with one attached hydrogen (secondary N) is 1. The molecule has 0 aliphatic rings. The van der Waals surface area contributed by atoms with Crippen LogP contribution in [0, 0.1) is 0 Å². The third-order valence-corrected chi connectivity index (χ3v) is 4.72. The summed E-state index contributed by atoms with van der Waals surface area (Å²) in [5, 5.41) is 4.76. The van der Waals surface area contributed by atoms with Gasteiger partial charge in [0.15, 0.2) is 0 Å². The molecule has 0 fully saturated rings. The Morgan fingerprint density at radius 1 is 1.00 bits per heavy atom. The Bertz CT molecular complexity index is 945. The van der Waals surface area contributed by atoms with Crippen molar-refractivity contribution in [2.24, 2.45) is 0 Å². The van der Waals surface area contributed by atoms with E-state index >= 15 is 0 Å². The minimum absolute atomic E-state index is 0. The summed E-state index contributed by atoms with van der Waals surface area (Å²) in [4.78, 5) is 4.33. The molecule has 1 aromatic heterocycles. The fraction of sp³-hybridized carbons (Fsp3) is 0. The summed E-state index contributed by atoms with van der Waals surface area (Å²) >= 11 is 5.96. The Kier molecular flexibility index (Phi) is 5.37. The van der Waals surface area contributed by atoms with Crippen molar-refractivity contribution in [1.82, 2.24) is 4.98 Å². The number of aromatic nitrogens is 1. The second kappa shape index (κ2) is 6.93. The molecule has 120 valence electrons. The first-order chi connectivity index (χ1) is 10.4. The molecule has 0 aliphatic heterocycles. The van der Waals surface area contributed by atoms with Crippen molar-refractivity contribution < 1.29 is 8.42 Å². The van der Waals surface area contributed by atoms with E-state index in [-0.39, 0.29) is 17.3 Å². The molecule has 8 heteroatoms. The molecule has 0 saturated carbocycles. The van der Waals surface area contributed by atoms with E-state index < -0.39 is 9.05 Å². The van der Waals surface area contributed by atoms with Gasteiger partial charge in [0, 0.05) is 38.7 Å². The summed E-state index contributed by atoms with van der Waals surface area (Å²) in [6.07, 6.45) is 1.68. The fourth-order valence-electron chi connectivity index (χ4n) is 2.09. The van der Waals surface area contributed by atoms with E-state index in [1.165, 1.54) is 12.1 Å². The maximum atomic E-state index is 11.2. The minimum atomic E-state index is -3.71. The number of nitrogens with zero attached hydrogens (tertiary/aromatic N) is 1. The van der Waals surface area contributed by atoms with Gasteiger partial charge in [-0.3, -0.25) is 4.98 Å². The highest BCUT2D eigenvalue weighted by Crippen LogP contribution is 2.27. The average molecular weight is 390 g/mol. The predicted octanol–water partition coefficient (Wildman–Crippen LogP) is 4.98. The number of fused-ring (bicyclic) bond motifs is 1. The van der Waals surface area contributed by atoms with E-state index in [1.807, 2.05) is 12.1 Å². The number of anilines is 2. The van der Waals surface area contributed by atoms with E-state index in [2.05, 4.69) is 10.3 Å². The summed E-state index contributed by atoms with van der Waals surface area (Å²) < 4.78 is 22.5. The van der Waals surface area contributed by atoms with Crippen molar-refractivity contribution >= 4 is 66.0 Å². The van der Waals surface area contributed by atoms with Gasteiger partial charge in [-0.15, -0.1) is 12.4 Å². The Balaban J connectivity index is 0.00000192. The molecule has 3 rings (SSSR count). The van der Waals surface area contributed by atoms with Crippen molar-refractivity contribution in [3.63, 3.8) is 0 Å². The zero-order valence-electron chi connectivity index (χ0n) is 11.5. The molecule has 4 nitrogen and oxygen atoms in total. The Hall–Kier alpha value is -1.53. The quantitative estimate of drug-likeness (QED) is 0.642. The highest BCUT2D eigenvalue weighted by molar-refractivity contribution is 8.13. The molecule has 0 amide bonds. The topological polar surface area (TPSA) is 59.1 Å². The average Bonchev–Trinajstić information content (AvgIpc) is 2.47. The van der Waals surface area contributed by atoms with Crippen LogP contribution in [0.15, 0.2) is 59.6 Å². The summed E-state index contributed by atoms with van der Waals surface area (Å²) in [6.45, 7) is 0. The van der Waals surface area contributed by atoms with Gasteiger partial charge < -0.3 is 5.32 Å². The lowest BCUT2D eigenvalue weighted by Gasteiger charge is -2.10. The van der Waals surface area contributed by atoms with Gasteiger partial charge in [0.2, 0.25) is 0 Å². The first-order valence-electron chi connectivity index (χ1n) is 6.29. The van der Waals surface area contributed by atoms with Crippen LogP contribution in [0.5, 0.6) is 0 Å². The predicted molar refractivity (Wildman–Crippen MR) is 96.8 cm³/mol. The molecule has 0 spiro atoms. The smallest absolute Gasteiger partial charge is 0.261 e.